The molecule has 0 saturated carbocycles. The fraction of sp³-hybridized carbons (Fsp3) is 0.167. The number of ketones is 3. The summed E-state index contributed by atoms with van der Waals surface area (Å²) in [5.74, 6) is -3.20. The monoisotopic (exact) mass is 356 g/mol. The summed E-state index contributed by atoms with van der Waals surface area (Å²) in [4.78, 5) is 58.9. The highest BCUT2D eigenvalue weighted by atomic mass is 16.7. The Labute approximate surface area is 146 Å². The lowest BCUT2D eigenvalue weighted by Crippen LogP contribution is -2.19. The quantitative estimate of drug-likeness (QED) is 0.215. The van der Waals surface area contributed by atoms with Gasteiger partial charge in [0.05, 0.1) is 5.56 Å². The molecule has 1 aromatic heterocycles. The zero-order chi connectivity index (χ0) is 18.8. The van der Waals surface area contributed by atoms with Crippen molar-refractivity contribution in [1.29, 1.82) is 0 Å². The Morgan fingerprint density at radius 3 is 2.42 bits per heavy atom. The van der Waals surface area contributed by atoms with Crippen molar-refractivity contribution in [3.8, 4) is 0 Å². The van der Waals surface area contributed by atoms with Crippen LogP contribution < -0.4 is 0 Å². The van der Waals surface area contributed by atoms with E-state index >= 15 is 0 Å². The maximum atomic E-state index is 12.5. The van der Waals surface area contributed by atoms with Gasteiger partial charge in [-0.25, -0.2) is 0 Å². The number of rotatable bonds is 6. The molecule has 0 aliphatic heterocycles. The third-order valence-electron chi connectivity index (χ3n) is 3.72. The second-order valence-electron chi connectivity index (χ2n) is 5.45. The lowest BCUT2D eigenvalue weighted by atomic mass is 9.88. The van der Waals surface area contributed by atoms with E-state index in [9.17, 15) is 24.0 Å². The molecular weight excluding hydrogens is 344 g/mol. The van der Waals surface area contributed by atoms with Crippen LogP contribution in [-0.2, 0) is 19.1 Å². The number of Topliss-reactive ketones (excluding diaryl/α,β-unsaturated/α-hetero) is 1. The first-order valence-corrected chi connectivity index (χ1v) is 7.56. The van der Waals surface area contributed by atoms with E-state index in [1.807, 2.05) is 0 Å². The molecule has 1 heterocycles. The second kappa shape index (κ2) is 6.75. The molecule has 2 aromatic rings. The molecule has 0 saturated heterocycles. The standard InChI is InChI=1S/C18H12O8/c1-9(24-8-19)25-15(21)7-13(20)14-6-12-16(22)10-4-2-3-5-11(10)17(23)18(12)26-14/h2-6,8-9H,7H2,1H3. The van der Waals surface area contributed by atoms with Gasteiger partial charge in [0.2, 0.25) is 17.9 Å². The Hall–Kier alpha value is -3.55. The van der Waals surface area contributed by atoms with Gasteiger partial charge in [-0.1, -0.05) is 24.3 Å². The number of hydrogen-bond acceptors (Lipinski definition) is 8. The fourth-order valence-electron chi connectivity index (χ4n) is 2.56. The van der Waals surface area contributed by atoms with Gasteiger partial charge in [0.25, 0.3) is 6.47 Å². The summed E-state index contributed by atoms with van der Waals surface area (Å²) >= 11 is 0. The van der Waals surface area contributed by atoms with Crippen LogP contribution in [0.5, 0.6) is 0 Å². The van der Waals surface area contributed by atoms with Crippen molar-refractivity contribution in [2.45, 2.75) is 19.6 Å². The van der Waals surface area contributed by atoms with Crippen LogP contribution in [0.4, 0.5) is 0 Å². The SMILES string of the molecule is CC(OC=O)OC(=O)CC(=O)c1cc2c(o1)C(=O)c1ccccc1C2=O. The number of carbonyl (C=O) groups is 5. The fourth-order valence-corrected chi connectivity index (χ4v) is 2.56. The molecule has 132 valence electrons. The third kappa shape index (κ3) is 3.04. The number of hydrogen-bond donors (Lipinski definition) is 0. The van der Waals surface area contributed by atoms with Crippen LogP contribution >= 0.6 is 0 Å². The molecule has 0 radical (unpaired) electrons. The molecule has 26 heavy (non-hydrogen) atoms. The number of carbonyl (C=O) groups excluding carboxylic acids is 5. The lowest BCUT2D eigenvalue weighted by molar-refractivity contribution is -0.175. The summed E-state index contributed by atoms with van der Waals surface area (Å²) in [6.07, 6.45) is -1.84. The molecule has 1 aromatic carbocycles. The van der Waals surface area contributed by atoms with Gasteiger partial charge in [0.15, 0.2) is 17.3 Å². The minimum absolute atomic E-state index is 0.0249. The Morgan fingerprint density at radius 1 is 1.12 bits per heavy atom. The zero-order valence-electron chi connectivity index (χ0n) is 13.5. The largest absolute Gasteiger partial charge is 0.449 e. The molecule has 1 aliphatic carbocycles. The minimum atomic E-state index is -1.14. The average molecular weight is 356 g/mol. The van der Waals surface area contributed by atoms with E-state index < -0.39 is 36.0 Å². The molecule has 0 N–H and O–H groups in total. The van der Waals surface area contributed by atoms with Crippen molar-refractivity contribution >= 4 is 29.8 Å². The summed E-state index contributed by atoms with van der Waals surface area (Å²) in [7, 11) is 0. The van der Waals surface area contributed by atoms with E-state index in [1.54, 1.807) is 12.1 Å². The highest BCUT2D eigenvalue weighted by Gasteiger charge is 2.34. The maximum absolute atomic E-state index is 12.5. The Kier molecular flexibility index (Phi) is 4.49. The number of benzene rings is 1. The third-order valence-corrected chi connectivity index (χ3v) is 3.72. The van der Waals surface area contributed by atoms with Crippen molar-refractivity contribution in [3.63, 3.8) is 0 Å². The first-order valence-electron chi connectivity index (χ1n) is 7.56. The van der Waals surface area contributed by atoms with E-state index in [4.69, 9.17) is 4.42 Å². The minimum Gasteiger partial charge on any atom is -0.449 e. The maximum Gasteiger partial charge on any atom is 0.316 e. The molecule has 1 unspecified atom stereocenters. The van der Waals surface area contributed by atoms with Crippen LogP contribution in [0.15, 0.2) is 34.7 Å². The van der Waals surface area contributed by atoms with Gasteiger partial charge in [-0.15, -0.1) is 0 Å². The summed E-state index contributed by atoms with van der Waals surface area (Å²) in [6.45, 7) is 1.41. The van der Waals surface area contributed by atoms with Gasteiger partial charge < -0.3 is 13.9 Å². The van der Waals surface area contributed by atoms with Crippen molar-refractivity contribution < 1.29 is 37.9 Å². The topological polar surface area (TPSA) is 117 Å². The summed E-state index contributed by atoms with van der Waals surface area (Å²) in [5, 5.41) is 0. The number of ether oxygens (including phenoxy) is 2. The normalized spacial score (nSPS) is 13.4. The highest BCUT2D eigenvalue weighted by Crippen LogP contribution is 2.30. The van der Waals surface area contributed by atoms with Crippen molar-refractivity contribution in [3.05, 3.63) is 58.5 Å². The lowest BCUT2D eigenvalue weighted by Gasteiger charge is -2.11. The predicted octanol–water partition coefficient (Wildman–Crippen LogP) is 1.69. The molecule has 0 fully saturated rings. The predicted molar refractivity (Wildman–Crippen MR) is 83.7 cm³/mol. The van der Waals surface area contributed by atoms with Gasteiger partial charge in [0.1, 0.15) is 6.42 Å². The van der Waals surface area contributed by atoms with Crippen LogP contribution in [-0.4, -0.2) is 36.1 Å². The summed E-state index contributed by atoms with van der Waals surface area (Å²) in [5.41, 5.74) is 0.393. The second-order valence-corrected chi connectivity index (χ2v) is 5.45. The van der Waals surface area contributed by atoms with Crippen LogP contribution in [0.25, 0.3) is 0 Å². The average Bonchev–Trinajstić information content (AvgIpc) is 3.05. The molecule has 8 heteroatoms. The molecule has 1 aliphatic rings. The highest BCUT2D eigenvalue weighted by molar-refractivity contribution is 6.28. The van der Waals surface area contributed by atoms with Crippen molar-refractivity contribution in [1.82, 2.24) is 0 Å². The molecule has 0 amide bonds. The number of furan rings is 1. The number of fused-ring (bicyclic) bond motifs is 2. The molecule has 1 atom stereocenters. The Bertz CT molecular complexity index is 884. The van der Waals surface area contributed by atoms with Crippen LogP contribution in [0.1, 0.15) is 55.9 Å². The van der Waals surface area contributed by atoms with Gasteiger partial charge >= 0.3 is 5.97 Å². The molecular formula is C18H12O8. The van der Waals surface area contributed by atoms with Crippen LogP contribution in [0.2, 0.25) is 0 Å². The Morgan fingerprint density at radius 2 is 1.77 bits per heavy atom. The number of esters is 1. The molecule has 8 nitrogen and oxygen atoms in total. The summed E-state index contributed by atoms with van der Waals surface area (Å²) in [6, 6.07) is 7.39. The van der Waals surface area contributed by atoms with E-state index in [1.165, 1.54) is 19.1 Å². The van der Waals surface area contributed by atoms with Crippen LogP contribution in [0.3, 0.4) is 0 Å². The zero-order valence-corrected chi connectivity index (χ0v) is 13.5. The van der Waals surface area contributed by atoms with Gasteiger partial charge in [-0.05, 0) is 6.07 Å². The van der Waals surface area contributed by atoms with E-state index in [0.717, 1.165) is 6.07 Å². The molecule has 3 rings (SSSR count). The Balaban J connectivity index is 1.81. The first kappa shape index (κ1) is 17.3. The van der Waals surface area contributed by atoms with E-state index in [2.05, 4.69) is 9.47 Å². The van der Waals surface area contributed by atoms with Crippen LogP contribution in [0, 0.1) is 0 Å². The summed E-state index contributed by atoms with van der Waals surface area (Å²) < 4.78 is 14.3. The van der Waals surface area contributed by atoms with Crippen molar-refractivity contribution in [2.24, 2.45) is 0 Å². The smallest absolute Gasteiger partial charge is 0.316 e. The molecule has 0 spiro atoms. The van der Waals surface area contributed by atoms with Crippen molar-refractivity contribution in [2.75, 3.05) is 0 Å². The molecule has 0 bridgehead atoms. The first-order chi connectivity index (χ1) is 12.4. The van der Waals surface area contributed by atoms with E-state index in [-0.39, 0.29) is 34.7 Å². The van der Waals surface area contributed by atoms with Gasteiger partial charge in [0, 0.05) is 18.1 Å². The van der Waals surface area contributed by atoms with Gasteiger partial charge in [-0.3, -0.25) is 24.0 Å². The van der Waals surface area contributed by atoms with E-state index in [0.29, 0.717) is 0 Å². The van der Waals surface area contributed by atoms with Gasteiger partial charge in [-0.2, -0.15) is 0 Å².